The van der Waals surface area contributed by atoms with Crippen molar-refractivity contribution in [1.82, 2.24) is 0 Å². The second-order valence-corrected chi connectivity index (χ2v) is 2.25. The van der Waals surface area contributed by atoms with E-state index >= 15 is 0 Å². The summed E-state index contributed by atoms with van der Waals surface area (Å²) in [5, 5.41) is 0. The number of carbonyl (C=O) groups is 2. The van der Waals surface area contributed by atoms with Crippen LogP contribution in [0.2, 0.25) is 6.32 Å². The topological polar surface area (TPSA) is 34.1 Å². The average molecular weight is 138 g/mol. The van der Waals surface area contributed by atoms with Crippen LogP contribution in [0.15, 0.2) is 0 Å². The maximum atomic E-state index is 10.0. The van der Waals surface area contributed by atoms with Gasteiger partial charge < -0.3 is 9.59 Å². The summed E-state index contributed by atoms with van der Waals surface area (Å²) >= 11 is 0. The van der Waals surface area contributed by atoms with Gasteiger partial charge in [-0.2, -0.15) is 0 Å². The minimum atomic E-state index is 0.167. The zero-order chi connectivity index (χ0) is 7.82. The van der Waals surface area contributed by atoms with Crippen LogP contribution in [0.3, 0.4) is 0 Å². The molecule has 0 heterocycles. The molecule has 54 valence electrons. The van der Waals surface area contributed by atoms with E-state index in [1.54, 1.807) is 0 Å². The van der Waals surface area contributed by atoms with Crippen molar-refractivity contribution in [3.63, 3.8) is 0 Å². The van der Waals surface area contributed by atoms with Gasteiger partial charge in [-0.1, -0.05) is 12.7 Å². The third-order valence-corrected chi connectivity index (χ3v) is 1.43. The first-order chi connectivity index (χ1) is 4.85. The van der Waals surface area contributed by atoms with E-state index in [0.29, 0.717) is 19.2 Å². The van der Waals surface area contributed by atoms with Crippen LogP contribution in [0.1, 0.15) is 19.3 Å². The molecule has 0 unspecified atom stereocenters. The van der Waals surface area contributed by atoms with Gasteiger partial charge in [-0.15, -0.1) is 0 Å². The summed E-state index contributed by atoms with van der Waals surface area (Å²) in [6.45, 7) is 0. The highest BCUT2D eigenvalue weighted by molar-refractivity contribution is 6.08. The van der Waals surface area contributed by atoms with Gasteiger partial charge in [-0.05, 0) is 5.92 Å². The van der Waals surface area contributed by atoms with Crippen LogP contribution in [-0.2, 0) is 9.59 Å². The van der Waals surface area contributed by atoms with Gasteiger partial charge >= 0.3 is 0 Å². The second kappa shape index (κ2) is 6.52. The Bertz CT molecular complexity index is 93.8. The standard InChI is InChI=1S/C7H11BO2/c8-4-1-7(2-5-9)3-6-10/h5-7H,1-4H2. The average Bonchev–Trinajstić information content (AvgIpc) is 1.90. The van der Waals surface area contributed by atoms with Crippen LogP contribution >= 0.6 is 0 Å². The third kappa shape index (κ3) is 4.30. The molecule has 0 saturated heterocycles. The number of aldehydes is 2. The Balaban J connectivity index is 3.48. The van der Waals surface area contributed by atoms with Crippen LogP contribution in [-0.4, -0.2) is 20.4 Å². The summed E-state index contributed by atoms with van der Waals surface area (Å²) in [4.78, 5) is 20.0. The molecule has 0 spiro atoms. The van der Waals surface area contributed by atoms with Gasteiger partial charge in [0.2, 0.25) is 0 Å². The molecule has 0 aliphatic heterocycles. The van der Waals surface area contributed by atoms with E-state index in [9.17, 15) is 9.59 Å². The van der Waals surface area contributed by atoms with Gasteiger partial charge in [0.1, 0.15) is 12.6 Å². The summed E-state index contributed by atoms with van der Waals surface area (Å²) in [6, 6.07) is 0. The molecule has 2 radical (unpaired) electrons. The number of carbonyl (C=O) groups excluding carboxylic acids is 2. The molecular weight excluding hydrogens is 127 g/mol. The maximum absolute atomic E-state index is 10.0. The van der Waals surface area contributed by atoms with Crippen LogP contribution in [0, 0.1) is 5.92 Å². The Hall–Kier alpha value is -0.595. The Morgan fingerprint density at radius 1 is 1.20 bits per heavy atom. The van der Waals surface area contributed by atoms with E-state index in [1.807, 2.05) is 0 Å². The number of hydrogen-bond acceptors (Lipinski definition) is 2. The Labute approximate surface area is 62.4 Å². The molecular formula is C7H11BO2. The normalized spacial score (nSPS) is 9.70. The van der Waals surface area contributed by atoms with Crippen molar-refractivity contribution in [1.29, 1.82) is 0 Å². The first kappa shape index (κ1) is 9.40. The van der Waals surface area contributed by atoms with Crippen LogP contribution < -0.4 is 0 Å². The van der Waals surface area contributed by atoms with Crippen molar-refractivity contribution in [2.45, 2.75) is 25.6 Å². The molecule has 0 atom stereocenters. The van der Waals surface area contributed by atoms with Crippen LogP contribution in [0.4, 0.5) is 0 Å². The van der Waals surface area contributed by atoms with Crippen LogP contribution in [0.25, 0.3) is 0 Å². The molecule has 0 aliphatic carbocycles. The summed E-state index contributed by atoms with van der Waals surface area (Å²) in [5.41, 5.74) is 0. The summed E-state index contributed by atoms with van der Waals surface area (Å²) < 4.78 is 0. The Morgan fingerprint density at radius 2 is 1.70 bits per heavy atom. The zero-order valence-electron chi connectivity index (χ0n) is 5.95. The SMILES string of the molecule is [B]CCC(CC=O)CC=O. The lowest BCUT2D eigenvalue weighted by atomic mass is 9.90. The van der Waals surface area contributed by atoms with E-state index < -0.39 is 0 Å². The minimum absolute atomic E-state index is 0.167. The molecule has 0 N–H and O–H groups in total. The summed E-state index contributed by atoms with van der Waals surface area (Å²) in [7, 11) is 5.26. The van der Waals surface area contributed by atoms with Crippen molar-refractivity contribution in [2.75, 3.05) is 0 Å². The second-order valence-electron chi connectivity index (χ2n) is 2.25. The van der Waals surface area contributed by atoms with Crippen molar-refractivity contribution in [3.8, 4) is 0 Å². The zero-order valence-corrected chi connectivity index (χ0v) is 5.95. The molecule has 0 aromatic heterocycles. The molecule has 0 fully saturated rings. The molecule has 0 aromatic rings. The van der Waals surface area contributed by atoms with E-state index in [0.717, 1.165) is 19.0 Å². The van der Waals surface area contributed by atoms with E-state index in [-0.39, 0.29) is 5.92 Å². The fourth-order valence-corrected chi connectivity index (χ4v) is 0.840. The first-order valence-electron chi connectivity index (χ1n) is 3.42. The lowest BCUT2D eigenvalue weighted by Gasteiger charge is -2.06. The fourth-order valence-electron chi connectivity index (χ4n) is 0.840. The molecule has 2 nitrogen and oxygen atoms in total. The fraction of sp³-hybridized carbons (Fsp3) is 0.714. The van der Waals surface area contributed by atoms with Crippen molar-refractivity contribution >= 4 is 20.4 Å². The van der Waals surface area contributed by atoms with Crippen molar-refractivity contribution in [2.24, 2.45) is 5.92 Å². The summed E-state index contributed by atoms with van der Waals surface area (Å²) in [5.74, 6) is 0.167. The predicted molar refractivity (Wildman–Crippen MR) is 40.0 cm³/mol. The number of hydrogen-bond donors (Lipinski definition) is 0. The van der Waals surface area contributed by atoms with E-state index in [4.69, 9.17) is 7.85 Å². The van der Waals surface area contributed by atoms with E-state index in [1.165, 1.54) is 0 Å². The summed E-state index contributed by atoms with van der Waals surface area (Å²) in [6.07, 6.45) is 3.89. The predicted octanol–water partition coefficient (Wildman–Crippen LogP) is 0.757. The highest BCUT2D eigenvalue weighted by Gasteiger charge is 2.04. The Kier molecular flexibility index (Phi) is 6.14. The monoisotopic (exact) mass is 138 g/mol. The van der Waals surface area contributed by atoms with Gasteiger partial charge in [0, 0.05) is 12.8 Å². The van der Waals surface area contributed by atoms with Crippen molar-refractivity contribution in [3.05, 3.63) is 0 Å². The largest absolute Gasteiger partial charge is 0.303 e. The molecule has 0 rings (SSSR count). The van der Waals surface area contributed by atoms with Gasteiger partial charge in [-0.25, -0.2) is 0 Å². The molecule has 10 heavy (non-hydrogen) atoms. The lowest BCUT2D eigenvalue weighted by Crippen LogP contribution is -2.01. The quantitative estimate of drug-likeness (QED) is 0.401. The first-order valence-corrected chi connectivity index (χ1v) is 3.42. The highest BCUT2D eigenvalue weighted by atomic mass is 16.1. The molecule has 3 heteroatoms. The van der Waals surface area contributed by atoms with Crippen molar-refractivity contribution < 1.29 is 9.59 Å². The molecule has 0 bridgehead atoms. The van der Waals surface area contributed by atoms with Gasteiger partial charge in [0.15, 0.2) is 0 Å². The van der Waals surface area contributed by atoms with Crippen LogP contribution in [0.5, 0.6) is 0 Å². The maximum Gasteiger partial charge on any atom is 0.120 e. The molecule has 0 aliphatic rings. The lowest BCUT2D eigenvalue weighted by molar-refractivity contribution is -0.110. The molecule has 0 aromatic carbocycles. The highest BCUT2D eigenvalue weighted by Crippen LogP contribution is 2.11. The Morgan fingerprint density at radius 3 is 2.00 bits per heavy atom. The van der Waals surface area contributed by atoms with Gasteiger partial charge in [0.05, 0.1) is 7.85 Å². The van der Waals surface area contributed by atoms with Gasteiger partial charge in [-0.3, -0.25) is 0 Å². The minimum Gasteiger partial charge on any atom is -0.303 e. The number of rotatable bonds is 6. The van der Waals surface area contributed by atoms with Gasteiger partial charge in [0.25, 0.3) is 0 Å². The molecule has 0 saturated carbocycles. The molecule has 0 amide bonds. The van der Waals surface area contributed by atoms with E-state index in [2.05, 4.69) is 0 Å². The smallest absolute Gasteiger partial charge is 0.120 e. The third-order valence-electron chi connectivity index (χ3n) is 1.43.